The molecule has 1 N–H and O–H groups in total. The fourth-order valence-corrected chi connectivity index (χ4v) is 2.29. The van der Waals surface area contributed by atoms with Crippen LogP contribution in [0.15, 0.2) is 18.2 Å². The van der Waals surface area contributed by atoms with Crippen LogP contribution in [-0.4, -0.2) is 23.8 Å². The first-order chi connectivity index (χ1) is 8.20. The maximum absolute atomic E-state index is 13.3. The van der Waals surface area contributed by atoms with Crippen LogP contribution >= 0.6 is 22.9 Å². The Morgan fingerprint density at radius 2 is 2.24 bits per heavy atom. The number of hydrogen-bond acceptors (Lipinski definition) is 4. The molecule has 2 rings (SSSR count). The minimum absolute atomic E-state index is 0.119. The largest absolute Gasteiger partial charge is 0.319 e. The Morgan fingerprint density at radius 3 is 2.94 bits per heavy atom. The zero-order valence-corrected chi connectivity index (χ0v) is 10.8. The van der Waals surface area contributed by atoms with E-state index >= 15 is 0 Å². The van der Waals surface area contributed by atoms with Crippen molar-refractivity contribution in [3.8, 4) is 10.6 Å². The predicted octanol–water partition coefficient (Wildman–Crippen LogP) is 2.76. The van der Waals surface area contributed by atoms with Gasteiger partial charge in [0.2, 0.25) is 0 Å². The lowest BCUT2D eigenvalue weighted by molar-refractivity contribution is 0.629. The summed E-state index contributed by atoms with van der Waals surface area (Å²) in [5, 5.41) is 12.9. The van der Waals surface area contributed by atoms with Crippen LogP contribution in [0.4, 0.5) is 4.39 Å². The molecule has 0 saturated carbocycles. The van der Waals surface area contributed by atoms with Gasteiger partial charge in [0.05, 0.1) is 5.02 Å². The summed E-state index contributed by atoms with van der Waals surface area (Å²) < 4.78 is 13.3. The zero-order valence-electron chi connectivity index (χ0n) is 9.20. The van der Waals surface area contributed by atoms with Gasteiger partial charge in [-0.05, 0) is 19.2 Å². The third-order valence-corrected chi connectivity index (χ3v) is 3.56. The summed E-state index contributed by atoms with van der Waals surface area (Å²) in [7, 11) is 1.89. The van der Waals surface area contributed by atoms with Crippen LogP contribution in [0.25, 0.3) is 10.6 Å². The maximum Gasteiger partial charge on any atom is 0.147 e. The molecule has 0 atom stereocenters. The van der Waals surface area contributed by atoms with E-state index < -0.39 is 5.82 Å². The van der Waals surface area contributed by atoms with Crippen molar-refractivity contribution in [3.05, 3.63) is 34.0 Å². The first-order valence-electron chi connectivity index (χ1n) is 5.13. The molecule has 0 aliphatic rings. The van der Waals surface area contributed by atoms with Gasteiger partial charge in [0.15, 0.2) is 0 Å². The van der Waals surface area contributed by atoms with Crippen molar-refractivity contribution in [2.75, 3.05) is 13.6 Å². The van der Waals surface area contributed by atoms with Crippen LogP contribution in [0.1, 0.15) is 5.01 Å². The molecule has 0 fully saturated rings. The molecule has 0 amide bonds. The molecule has 0 radical (unpaired) electrons. The molecular weight excluding hydrogens is 261 g/mol. The lowest BCUT2D eigenvalue weighted by Crippen LogP contribution is -2.09. The van der Waals surface area contributed by atoms with E-state index in [9.17, 15) is 4.39 Å². The molecule has 1 heterocycles. The number of likely N-dealkylation sites (N-methyl/N-ethyl adjacent to an activating group) is 1. The molecule has 1 aromatic carbocycles. The summed E-state index contributed by atoms with van der Waals surface area (Å²) in [5.41, 5.74) is 0.708. The first-order valence-corrected chi connectivity index (χ1v) is 6.32. The van der Waals surface area contributed by atoms with Crippen LogP contribution in [0.3, 0.4) is 0 Å². The van der Waals surface area contributed by atoms with Crippen molar-refractivity contribution in [1.82, 2.24) is 15.5 Å². The molecular formula is C11H11ClFN3S. The Kier molecular flexibility index (Phi) is 4.04. The van der Waals surface area contributed by atoms with E-state index in [2.05, 4.69) is 15.5 Å². The van der Waals surface area contributed by atoms with Crippen LogP contribution < -0.4 is 5.32 Å². The third-order valence-electron chi connectivity index (χ3n) is 2.22. The van der Waals surface area contributed by atoms with E-state index in [1.807, 2.05) is 7.05 Å². The maximum atomic E-state index is 13.3. The van der Waals surface area contributed by atoms with Crippen molar-refractivity contribution in [1.29, 1.82) is 0 Å². The summed E-state index contributed by atoms with van der Waals surface area (Å²) in [6, 6.07) is 4.65. The number of rotatable bonds is 4. The van der Waals surface area contributed by atoms with E-state index in [1.54, 1.807) is 6.07 Å². The Balaban J connectivity index is 2.21. The van der Waals surface area contributed by atoms with Crippen LogP contribution in [0.5, 0.6) is 0 Å². The molecule has 0 aliphatic carbocycles. The molecule has 0 spiro atoms. The standard InChI is InChI=1S/C11H11ClFN3S/c1-14-5-4-10-15-16-11(17-10)7-2-3-8(12)9(13)6-7/h2-3,6,14H,4-5H2,1H3. The van der Waals surface area contributed by atoms with Gasteiger partial charge in [-0.2, -0.15) is 0 Å². The average molecular weight is 272 g/mol. The van der Waals surface area contributed by atoms with Gasteiger partial charge in [0, 0.05) is 18.5 Å². The molecule has 0 bridgehead atoms. The molecule has 0 unspecified atom stereocenters. The molecule has 17 heavy (non-hydrogen) atoms. The SMILES string of the molecule is CNCCc1nnc(-c2ccc(Cl)c(F)c2)s1. The van der Waals surface area contributed by atoms with Crippen molar-refractivity contribution in [3.63, 3.8) is 0 Å². The second-order valence-corrected chi connectivity index (χ2v) is 4.95. The fraction of sp³-hybridized carbons (Fsp3) is 0.273. The number of benzene rings is 1. The number of nitrogens with one attached hydrogen (secondary N) is 1. The van der Waals surface area contributed by atoms with E-state index in [0.717, 1.165) is 18.0 Å². The van der Waals surface area contributed by atoms with E-state index in [0.29, 0.717) is 10.6 Å². The predicted molar refractivity (Wildman–Crippen MR) is 67.9 cm³/mol. The summed E-state index contributed by atoms with van der Waals surface area (Å²) in [5.74, 6) is -0.434. The van der Waals surface area contributed by atoms with Crippen molar-refractivity contribution in [2.24, 2.45) is 0 Å². The van der Waals surface area contributed by atoms with Gasteiger partial charge in [-0.25, -0.2) is 4.39 Å². The smallest absolute Gasteiger partial charge is 0.147 e. The van der Waals surface area contributed by atoms with Crippen LogP contribution in [-0.2, 0) is 6.42 Å². The molecule has 3 nitrogen and oxygen atoms in total. The van der Waals surface area contributed by atoms with Crippen molar-refractivity contribution in [2.45, 2.75) is 6.42 Å². The highest BCUT2D eigenvalue weighted by atomic mass is 35.5. The molecule has 2 aromatic rings. The number of halogens is 2. The van der Waals surface area contributed by atoms with Gasteiger partial charge >= 0.3 is 0 Å². The van der Waals surface area contributed by atoms with Crippen molar-refractivity contribution < 1.29 is 4.39 Å². The Labute approximate surface area is 108 Å². The fourth-order valence-electron chi connectivity index (χ4n) is 1.33. The Morgan fingerprint density at radius 1 is 1.41 bits per heavy atom. The second-order valence-electron chi connectivity index (χ2n) is 3.48. The summed E-state index contributed by atoms with van der Waals surface area (Å²) in [4.78, 5) is 0. The van der Waals surface area contributed by atoms with Crippen LogP contribution in [0.2, 0.25) is 5.02 Å². The Bertz CT molecular complexity index is 515. The van der Waals surface area contributed by atoms with Gasteiger partial charge in [-0.1, -0.05) is 29.0 Å². The van der Waals surface area contributed by atoms with E-state index in [4.69, 9.17) is 11.6 Å². The lowest BCUT2D eigenvalue weighted by atomic mass is 10.2. The first kappa shape index (κ1) is 12.4. The van der Waals surface area contributed by atoms with Gasteiger partial charge in [-0.3, -0.25) is 0 Å². The quantitative estimate of drug-likeness (QED) is 0.929. The Hall–Kier alpha value is -1.04. The lowest BCUT2D eigenvalue weighted by Gasteiger charge is -1.97. The van der Waals surface area contributed by atoms with Gasteiger partial charge in [-0.15, -0.1) is 10.2 Å². The molecule has 6 heteroatoms. The van der Waals surface area contributed by atoms with E-state index in [-0.39, 0.29) is 5.02 Å². The minimum Gasteiger partial charge on any atom is -0.319 e. The average Bonchev–Trinajstić information content (AvgIpc) is 2.79. The van der Waals surface area contributed by atoms with Gasteiger partial charge in [0.25, 0.3) is 0 Å². The molecule has 0 saturated heterocycles. The minimum atomic E-state index is -0.434. The van der Waals surface area contributed by atoms with Gasteiger partial charge < -0.3 is 5.32 Å². The summed E-state index contributed by atoms with van der Waals surface area (Å²) in [6.07, 6.45) is 0.824. The molecule has 0 aliphatic heterocycles. The van der Waals surface area contributed by atoms with Crippen molar-refractivity contribution >= 4 is 22.9 Å². The zero-order chi connectivity index (χ0) is 12.3. The highest BCUT2D eigenvalue weighted by Gasteiger charge is 2.08. The van der Waals surface area contributed by atoms with E-state index in [1.165, 1.54) is 23.5 Å². The van der Waals surface area contributed by atoms with Crippen LogP contribution in [0, 0.1) is 5.82 Å². The summed E-state index contributed by atoms with van der Waals surface area (Å²) in [6.45, 7) is 0.851. The number of aromatic nitrogens is 2. The number of nitrogens with zero attached hydrogens (tertiary/aromatic N) is 2. The highest BCUT2D eigenvalue weighted by molar-refractivity contribution is 7.14. The third kappa shape index (κ3) is 3.00. The summed E-state index contributed by atoms with van der Waals surface area (Å²) >= 11 is 7.09. The number of hydrogen-bond donors (Lipinski definition) is 1. The second kappa shape index (κ2) is 5.53. The molecule has 90 valence electrons. The van der Waals surface area contributed by atoms with Gasteiger partial charge in [0.1, 0.15) is 15.8 Å². The highest BCUT2D eigenvalue weighted by Crippen LogP contribution is 2.26. The normalized spacial score (nSPS) is 10.8. The molecule has 1 aromatic heterocycles. The monoisotopic (exact) mass is 271 g/mol. The topological polar surface area (TPSA) is 37.8 Å².